The first-order valence-corrected chi connectivity index (χ1v) is 9.62. The summed E-state index contributed by atoms with van der Waals surface area (Å²) in [6.45, 7) is 3.05. The zero-order valence-corrected chi connectivity index (χ0v) is 14.7. The van der Waals surface area contributed by atoms with E-state index in [1.165, 1.54) is 12.0 Å². The van der Waals surface area contributed by atoms with Crippen molar-refractivity contribution < 1.29 is 9.59 Å². The second kappa shape index (κ2) is 7.16. The quantitative estimate of drug-likeness (QED) is 0.911. The summed E-state index contributed by atoms with van der Waals surface area (Å²) in [6, 6.07) is 8.48. The second-order valence-corrected chi connectivity index (χ2v) is 7.61. The smallest absolute Gasteiger partial charge is 0.241 e. The number of para-hydroxylation sites is 1. The number of hydrogen-bond donors (Lipinski definition) is 1. The summed E-state index contributed by atoms with van der Waals surface area (Å²) in [5.41, 5.74) is 2.35. The van der Waals surface area contributed by atoms with Crippen LogP contribution in [0.15, 0.2) is 24.3 Å². The highest BCUT2D eigenvalue weighted by atomic mass is 16.2. The van der Waals surface area contributed by atoms with Crippen molar-refractivity contribution in [2.24, 2.45) is 5.92 Å². The molecule has 2 amide bonds. The molecule has 4 rings (SSSR count). The first-order chi connectivity index (χ1) is 12.2. The van der Waals surface area contributed by atoms with Crippen molar-refractivity contribution in [3.05, 3.63) is 29.8 Å². The molecule has 0 atom stereocenters. The van der Waals surface area contributed by atoms with Gasteiger partial charge in [-0.3, -0.25) is 14.5 Å². The number of hydrogen-bond acceptors (Lipinski definition) is 3. The van der Waals surface area contributed by atoms with Crippen LogP contribution in [0, 0.1) is 5.92 Å². The molecule has 5 heteroatoms. The monoisotopic (exact) mass is 341 g/mol. The Morgan fingerprint density at radius 1 is 1.04 bits per heavy atom. The zero-order chi connectivity index (χ0) is 17.2. The fraction of sp³-hybridized carbons (Fsp3) is 0.600. The maximum absolute atomic E-state index is 12.7. The number of piperidine rings is 1. The maximum atomic E-state index is 12.7. The maximum Gasteiger partial charge on any atom is 0.241 e. The van der Waals surface area contributed by atoms with E-state index >= 15 is 0 Å². The van der Waals surface area contributed by atoms with Crippen molar-refractivity contribution in [3.8, 4) is 0 Å². The molecule has 3 aliphatic rings. The van der Waals surface area contributed by atoms with Crippen molar-refractivity contribution in [2.45, 2.75) is 44.6 Å². The van der Waals surface area contributed by atoms with Crippen molar-refractivity contribution in [2.75, 3.05) is 31.1 Å². The van der Waals surface area contributed by atoms with Crippen LogP contribution in [0.5, 0.6) is 0 Å². The van der Waals surface area contributed by atoms with Crippen LogP contribution in [-0.4, -0.2) is 48.9 Å². The Hall–Kier alpha value is -1.88. The van der Waals surface area contributed by atoms with Crippen molar-refractivity contribution in [1.29, 1.82) is 0 Å². The van der Waals surface area contributed by atoms with E-state index in [1.54, 1.807) is 0 Å². The van der Waals surface area contributed by atoms with E-state index in [4.69, 9.17) is 0 Å². The van der Waals surface area contributed by atoms with Crippen LogP contribution in [0.1, 0.15) is 37.7 Å². The number of amides is 2. The van der Waals surface area contributed by atoms with Crippen LogP contribution in [0.2, 0.25) is 0 Å². The molecule has 0 spiro atoms. The fourth-order valence-corrected chi connectivity index (χ4v) is 4.10. The van der Waals surface area contributed by atoms with Crippen molar-refractivity contribution in [3.63, 3.8) is 0 Å². The third-order valence-electron chi connectivity index (χ3n) is 5.96. The van der Waals surface area contributed by atoms with Gasteiger partial charge in [-0.05, 0) is 43.7 Å². The number of carbonyl (C=O) groups is 2. The van der Waals surface area contributed by atoms with Crippen LogP contribution in [0.4, 0.5) is 5.69 Å². The third kappa shape index (κ3) is 3.56. The Morgan fingerprint density at radius 2 is 1.80 bits per heavy atom. The molecule has 0 radical (unpaired) electrons. The molecular formula is C20H27N3O2. The summed E-state index contributed by atoms with van der Waals surface area (Å²) in [5, 5.41) is 3.20. The Kier molecular flexibility index (Phi) is 4.75. The summed E-state index contributed by atoms with van der Waals surface area (Å²) in [6.07, 6.45) is 6.15. The van der Waals surface area contributed by atoms with E-state index in [1.807, 2.05) is 23.1 Å². The molecule has 1 saturated carbocycles. The lowest BCUT2D eigenvalue weighted by molar-refractivity contribution is -0.128. The molecular weight excluding hydrogens is 314 g/mol. The largest absolute Gasteiger partial charge is 0.353 e. The lowest BCUT2D eigenvalue weighted by Gasteiger charge is -2.34. The molecule has 0 aromatic heterocycles. The molecule has 1 aromatic rings. The Labute approximate surface area is 149 Å². The van der Waals surface area contributed by atoms with Crippen molar-refractivity contribution >= 4 is 17.5 Å². The molecule has 1 aliphatic carbocycles. The Bertz CT molecular complexity index is 648. The number of anilines is 1. The van der Waals surface area contributed by atoms with E-state index in [-0.39, 0.29) is 23.8 Å². The molecule has 0 bridgehead atoms. The van der Waals surface area contributed by atoms with E-state index in [0.29, 0.717) is 6.54 Å². The standard InChI is InChI=1S/C20H27N3O2/c24-19(23-13-8-15-4-1-2-7-18(15)23)14-22-11-9-17(10-12-22)21-20(25)16-5-3-6-16/h1-2,4,7,16-17H,3,5-6,8-14H2,(H,21,25). The average Bonchev–Trinajstić information content (AvgIpc) is 2.99. The minimum Gasteiger partial charge on any atom is -0.353 e. The Balaban J connectivity index is 1.25. The van der Waals surface area contributed by atoms with Gasteiger partial charge >= 0.3 is 0 Å². The minimum atomic E-state index is 0.196. The zero-order valence-electron chi connectivity index (χ0n) is 14.7. The number of rotatable bonds is 4. The average molecular weight is 341 g/mol. The number of fused-ring (bicyclic) bond motifs is 1. The number of carbonyl (C=O) groups excluding carboxylic acids is 2. The lowest BCUT2D eigenvalue weighted by atomic mass is 9.84. The highest BCUT2D eigenvalue weighted by Crippen LogP contribution is 2.28. The molecule has 0 unspecified atom stereocenters. The number of nitrogens with zero attached hydrogens (tertiary/aromatic N) is 2. The van der Waals surface area contributed by atoms with Gasteiger partial charge in [0.15, 0.2) is 0 Å². The minimum absolute atomic E-state index is 0.196. The van der Waals surface area contributed by atoms with Gasteiger partial charge in [-0.1, -0.05) is 24.6 Å². The predicted molar refractivity (Wildman–Crippen MR) is 97.4 cm³/mol. The SMILES string of the molecule is O=C(NC1CCN(CC(=O)N2CCc3ccccc32)CC1)C1CCC1. The first-order valence-electron chi connectivity index (χ1n) is 9.62. The van der Waals surface area contributed by atoms with Crippen LogP contribution in [0.3, 0.4) is 0 Å². The summed E-state index contributed by atoms with van der Waals surface area (Å²) in [4.78, 5) is 28.9. The molecule has 2 fully saturated rings. The van der Waals surface area contributed by atoms with Crippen LogP contribution in [-0.2, 0) is 16.0 Å². The molecule has 1 aromatic carbocycles. The van der Waals surface area contributed by atoms with E-state index in [9.17, 15) is 9.59 Å². The van der Waals surface area contributed by atoms with Crippen LogP contribution < -0.4 is 10.2 Å². The molecule has 2 aliphatic heterocycles. The van der Waals surface area contributed by atoms with Gasteiger partial charge < -0.3 is 10.2 Å². The molecule has 134 valence electrons. The molecule has 1 N–H and O–H groups in total. The summed E-state index contributed by atoms with van der Waals surface area (Å²) in [5.74, 6) is 0.700. The van der Waals surface area contributed by atoms with Gasteiger partial charge in [0.1, 0.15) is 0 Å². The van der Waals surface area contributed by atoms with E-state index < -0.39 is 0 Å². The molecule has 1 saturated heterocycles. The number of nitrogens with one attached hydrogen (secondary N) is 1. The highest BCUT2D eigenvalue weighted by molar-refractivity contribution is 5.96. The number of likely N-dealkylation sites (tertiary alicyclic amines) is 1. The molecule has 25 heavy (non-hydrogen) atoms. The fourth-order valence-electron chi connectivity index (χ4n) is 4.10. The molecule has 5 nitrogen and oxygen atoms in total. The van der Waals surface area contributed by atoms with Gasteiger partial charge in [-0.15, -0.1) is 0 Å². The van der Waals surface area contributed by atoms with E-state index in [0.717, 1.165) is 57.4 Å². The first kappa shape index (κ1) is 16.6. The second-order valence-electron chi connectivity index (χ2n) is 7.61. The van der Waals surface area contributed by atoms with Gasteiger partial charge in [-0.25, -0.2) is 0 Å². The van der Waals surface area contributed by atoms with E-state index in [2.05, 4.69) is 16.3 Å². The van der Waals surface area contributed by atoms with Crippen molar-refractivity contribution in [1.82, 2.24) is 10.2 Å². The Morgan fingerprint density at radius 3 is 2.52 bits per heavy atom. The predicted octanol–water partition coefficient (Wildman–Crippen LogP) is 1.96. The topological polar surface area (TPSA) is 52.7 Å². The number of benzene rings is 1. The summed E-state index contributed by atoms with van der Waals surface area (Å²) < 4.78 is 0. The third-order valence-corrected chi connectivity index (χ3v) is 5.96. The van der Waals surface area contributed by atoms with Gasteiger partial charge in [0.25, 0.3) is 0 Å². The van der Waals surface area contributed by atoms with Gasteiger partial charge in [0.05, 0.1) is 6.54 Å². The molecule has 2 heterocycles. The lowest BCUT2D eigenvalue weighted by Crippen LogP contribution is -2.49. The van der Waals surface area contributed by atoms with Gasteiger partial charge in [0.2, 0.25) is 11.8 Å². The van der Waals surface area contributed by atoms with Gasteiger partial charge in [-0.2, -0.15) is 0 Å². The summed E-state index contributed by atoms with van der Waals surface area (Å²) in [7, 11) is 0. The van der Waals surface area contributed by atoms with Crippen LogP contribution >= 0.6 is 0 Å². The summed E-state index contributed by atoms with van der Waals surface area (Å²) >= 11 is 0. The van der Waals surface area contributed by atoms with Crippen LogP contribution in [0.25, 0.3) is 0 Å². The van der Waals surface area contributed by atoms with Gasteiger partial charge in [0, 0.05) is 37.3 Å². The highest BCUT2D eigenvalue weighted by Gasteiger charge is 2.30. The normalized spacial score (nSPS) is 21.7.